The van der Waals surface area contributed by atoms with Crippen molar-refractivity contribution in [2.75, 3.05) is 5.73 Å². The van der Waals surface area contributed by atoms with Gasteiger partial charge in [-0.25, -0.2) is 9.97 Å². The fraction of sp³-hybridized carbons (Fsp3) is 0.444. The Labute approximate surface area is 126 Å². The molecule has 0 saturated heterocycles. The maximum absolute atomic E-state index is 6.12. The van der Waals surface area contributed by atoms with Gasteiger partial charge >= 0.3 is 0 Å². The van der Waals surface area contributed by atoms with Gasteiger partial charge in [0.2, 0.25) is 0 Å². The third-order valence-corrected chi connectivity index (χ3v) is 4.07. The Morgan fingerprint density at radius 1 is 1.05 bits per heavy atom. The molecule has 0 aliphatic heterocycles. The van der Waals surface area contributed by atoms with Crippen molar-refractivity contribution in [3.63, 3.8) is 0 Å². The van der Waals surface area contributed by atoms with E-state index < -0.39 is 0 Å². The first-order chi connectivity index (χ1) is 10.1. The molecule has 1 aliphatic rings. The van der Waals surface area contributed by atoms with Gasteiger partial charge in [0.05, 0.1) is 0 Å². The van der Waals surface area contributed by atoms with Crippen molar-refractivity contribution in [2.24, 2.45) is 5.92 Å². The standard InChI is InChI=1S/C18H23N3/c1-12(2)11-13-7-9-14(10-8-13)18-20-16-6-4-3-5-15(16)17(19)21-18/h7-10,12H,3-6,11H2,1-2H3,(H2,19,20,21). The van der Waals surface area contributed by atoms with Crippen molar-refractivity contribution in [2.45, 2.75) is 46.0 Å². The average molecular weight is 281 g/mol. The van der Waals surface area contributed by atoms with E-state index >= 15 is 0 Å². The third kappa shape index (κ3) is 3.07. The highest BCUT2D eigenvalue weighted by molar-refractivity contribution is 5.59. The molecule has 0 radical (unpaired) electrons. The Bertz CT molecular complexity index is 630. The summed E-state index contributed by atoms with van der Waals surface area (Å²) < 4.78 is 0. The van der Waals surface area contributed by atoms with Crippen LogP contribution in [0, 0.1) is 5.92 Å². The van der Waals surface area contributed by atoms with E-state index in [-0.39, 0.29) is 0 Å². The minimum Gasteiger partial charge on any atom is -0.383 e. The minimum atomic E-state index is 0.668. The van der Waals surface area contributed by atoms with Crippen molar-refractivity contribution in [3.05, 3.63) is 41.1 Å². The Morgan fingerprint density at radius 2 is 1.76 bits per heavy atom. The molecule has 1 aliphatic carbocycles. The van der Waals surface area contributed by atoms with Crippen molar-refractivity contribution in [1.82, 2.24) is 9.97 Å². The number of rotatable bonds is 3. The Balaban J connectivity index is 1.91. The van der Waals surface area contributed by atoms with Crippen LogP contribution in [-0.4, -0.2) is 9.97 Å². The maximum Gasteiger partial charge on any atom is 0.161 e. The number of nitrogens with zero attached hydrogens (tertiary/aromatic N) is 2. The lowest BCUT2D eigenvalue weighted by atomic mass is 9.96. The number of aromatic nitrogens is 2. The highest BCUT2D eigenvalue weighted by Gasteiger charge is 2.16. The lowest BCUT2D eigenvalue weighted by molar-refractivity contribution is 0.647. The predicted molar refractivity (Wildman–Crippen MR) is 87.1 cm³/mol. The molecule has 0 spiro atoms. The molecule has 3 rings (SSSR count). The summed E-state index contributed by atoms with van der Waals surface area (Å²) in [5.74, 6) is 2.11. The zero-order chi connectivity index (χ0) is 14.8. The highest BCUT2D eigenvalue weighted by atomic mass is 15.0. The van der Waals surface area contributed by atoms with Gasteiger partial charge in [-0.3, -0.25) is 0 Å². The SMILES string of the molecule is CC(C)Cc1ccc(-c2nc(N)c3c(n2)CCCC3)cc1. The Kier molecular flexibility index (Phi) is 3.91. The molecule has 1 aromatic carbocycles. The molecular weight excluding hydrogens is 258 g/mol. The third-order valence-electron chi connectivity index (χ3n) is 4.07. The Hall–Kier alpha value is -1.90. The van der Waals surface area contributed by atoms with E-state index in [1.54, 1.807) is 0 Å². The maximum atomic E-state index is 6.12. The lowest BCUT2D eigenvalue weighted by Crippen LogP contribution is -2.11. The summed E-state index contributed by atoms with van der Waals surface area (Å²) in [6.45, 7) is 4.47. The van der Waals surface area contributed by atoms with E-state index in [1.165, 1.54) is 24.0 Å². The molecule has 0 amide bonds. The average Bonchev–Trinajstić information content (AvgIpc) is 2.47. The van der Waals surface area contributed by atoms with Crippen LogP contribution in [0.15, 0.2) is 24.3 Å². The summed E-state index contributed by atoms with van der Waals surface area (Å²) in [6.07, 6.45) is 5.56. The van der Waals surface area contributed by atoms with Crippen LogP contribution in [0.4, 0.5) is 5.82 Å². The van der Waals surface area contributed by atoms with Gasteiger partial charge in [-0.05, 0) is 43.6 Å². The van der Waals surface area contributed by atoms with Gasteiger partial charge in [0.15, 0.2) is 5.82 Å². The number of fused-ring (bicyclic) bond motifs is 1. The fourth-order valence-corrected chi connectivity index (χ4v) is 3.01. The first-order valence-electron chi connectivity index (χ1n) is 7.88. The first kappa shape index (κ1) is 14.1. The Morgan fingerprint density at radius 3 is 2.48 bits per heavy atom. The number of benzene rings is 1. The predicted octanol–water partition coefficient (Wildman–Crippen LogP) is 3.80. The van der Waals surface area contributed by atoms with E-state index in [2.05, 4.69) is 43.1 Å². The van der Waals surface area contributed by atoms with Crippen LogP contribution in [0.5, 0.6) is 0 Å². The van der Waals surface area contributed by atoms with Crippen LogP contribution in [0.3, 0.4) is 0 Å². The number of anilines is 1. The molecule has 0 unspecified atom stereocenters. The molecule has 3 nitrogen and oxygen atoms in total. The van der Waals surface area contributed by atoms with Crippen molar-refractivity contribution < 1.29 is 0 Å². The van der Waals surface area contributed by atoms with Gasteiger partial charge in [-0.2, -0.15) is 0 Å². The number of hydrogen-bond acceptors (Lipinski definition) is 3. The molecular formula is C18H23N3. The molecule has 0 saturated carbocycles. The quantitative estimate of drug-likeness (QED) is 0.931. The minimum absolute atomic E-state index is 0.668. The van der Waals surface area contributed by atoms with Crippen molar-refractivity contribution in [1.29, 1.82) is 0 Å². The zero-order valence-corrected chi connectivity index (χ0v) is 12.9. The van der Waals surface area contributed by atoms with Crippen LogP contribution in [0.2, 0.25) is 0 Å². The second-order valence-corrected chi connectivity index (χ2v) is 6.36. The topological polar surface area (TPSA) is 51.8 Å². The molecule has 0 atom stereocenters. The van der Waals surface area contributed by atoms with E-state index in [4.69, 9.17) is 10.7 Å². The van der Waals surface area contributed by atoms with Crippen LogP contribution >= 0.6 is 0 Å². The van der Waals surface area contributed by atoms with Crippen LogP contribution < -0.4 is 5.73 Å². The first-order valence-corrected chi connectivity index (χ1v) is 7.88. The molecule has 110 valence electrons. The van der Waals surface area contributed by atoms with E-state index in [9.17, 15) is 0 Å². The smallest absolute Gasteiger partial charge is 0.161 e. The molecule has 1 heterocycles. The van der Waals surface area contributed by atoms with Crippen molar-refractivity contribution >= 4 is 5.82 Å². The largest absolute Gasteiger partial charge is 0.383 e. The fourth-order valence-electron chi connectivity index (χ4n) is 3.01. The van der Waals surface area contributed by atoms with E-state index in [1.807, 2.05) is 0 Å². The normalized spacial score (nSPS) is 14.2. The highest BCUT2D eigenvalue weighted by Crippen LogP contribution is 2.27. The van der Waals surface area contributed by atoms with Gasteiger partial charge in [0.25, 0.3) is 0 Å². The van der Waals surface area contributed by atoms with Crippen LogP contribution in [-0.2, 0) is 19.3 Å². The molecule has 3 heteroatoms. The summed E-state index contributed by atoms with van der Waals surface area (Å²) in [5, 5.41) is 0. The summed E-state index contributed by atoms with van der Waals surface area (Å²) in [5.41, 5.74) is 10.9. The van der Waals surface area contributed by atoms with Crippen molar-refractivity contribution in [3.8, 4) is 11.4 Å². The summed E-state index contributed by atoms with van der Waals surface area (Å²) in [7, 11) is 0. The summed E-state index contributed by atoms with van der Waals surface area (Å²) >= 11 is 0. The van der Waals surface area contributed by atoms with E-state index in [0.29, 0.717) is 11.7 Å². The van der Waals surface area contributed by atoms with E-state index in [0.717, 1.165) is 36.3 Å². The summed E-state index contributed by atoms with van der Waals surface area (Å²) in [4.78, 5) is 9.26. The molecule has 1 aromatic heterocycles. The second-order valence-electron chi connectivity index (χ2n) is 6.36. The molecule has 21 heavy (non-hydrogen) atoms. The van der Waals surface area contributed by atoms with Gasteiger partial charge in [0, 0.05) is 16.8 Å². The number of aryl methyl sites for hydroxylation is 1. The zero-order valence-electron chi connectivity index (χ0n) is 12.9. The van der Waals surface area contributed by atoms with Gasteiger partial charge < -0.3 is 5.73 Å². The van der Waals surface area contributed by atoms with Gasteiger partial charge in [0.1, 0.15) is 5.82 Å². The molecule has 0 bridgehead atoms. The number of nitrogen functional groups attached to an aromatic ring is 1. The lowest BCUT2D eigenvalue weighted by Gasteiger charge is -2.17. The molecule has 0 fully saturated rings. The second kappa shape index (κ2) is 5.84. The van der Waals surface area contributed by atoms with Crippen LogP contribution in [0.1, 0.15) is 43.5 Å². The molecule has 2 N–H and O–H groups in total. The number of hydrogen-bond donors (Lipinski definition) is 1. The number of nitrogens with two attached hydrogens (primary N) is 1. The molecule has 2 aromatic rings. The monoisotopic (exact) mass is 281 g/mol. The van der Waals surface area contributed by atoms with Gasteiger partial charge in [-0.15, -0.1) is 0 Å². The summed E-state index contributed by atoms with van der Waals surface area (Å²) in [6, 6.07) is 8.58. The van der Waals surface area contributed by atoms with Crippen LogP contribution in [0.25, 0.3) is 11.4 Å². The van der Waals surface area contributed by atoms with Gasteiger partial charge in [-0.1, -0.05) is 38.1 Å².